The van der Waals surface area contributed by atoms with Crippen molar-refractivity contribution in [1.82, 2.24) is 10.6 Å². The average Bonchev–Trinajstić information content (AvgIpc) is 2.37. The van der Waals surface area contributed by atoms with Crippen LogP contribution in [0.3, 0.4) is 0 Å². The van der Waals surface area contributed by atoms with Crippen molar-refractivity contribution in [3.63, 3.8) is 0 Å². The molecule has 5 nitrogen and oxygen atoms in total. The Morgan fingerprint density at radius 2 is 2.25 bits per heavy atom. The fourth-order valence-electron chi connectivity index (χ4n) is 2.88. The van der Waals surface area contributed by atoms with E-state index in [1.54, 1.807) is 6.92 Å². The SMILES string of the molecule is CCOC(=O)C1C2NC(=S)NC1(C)Oc1ccccc12. The molecule has 2 heterocycles. The van der Waals surface area contributed by atoms with E-state index in [-0.39, 0.29) is 12.0 Å². The number of hydrogen-bond acceptors (Lipinski definition) is 4. The van der Waals surface area contributed by atoms with Gasteiger partial charge in [-0.15, -0.1) is 0 Å². The molecule has 0 amide bonds. The van der Waals surface area contributed by atoms with E-state index in [0.717, 1.165) is 11.3 Å². The number of carbonyl (C=O) groups is 1. The Kier molecular flexibility index (Phi) is 3.05. The number of thiocarbonyl (C=S) groups is 1. The van der Waals surface area contributed by atoms with Gasteiger partial charge >= 0.3 is 5.97 Å². The third-order valence-corrected chi connectivity index (χ3v) is 3.91. The van der Waals surface area contributed by atoms with Crippen LogP contribution in [-0.2, 0) is 9.53 Å². The van der Waals surface area contributed by atoms with Crippen LogP contribution in [-0.4, -0.2) is 23.4 Å². The maximum atomic E-state index is 12.3. The average molecular weight is 292 g/mol. The lowest BCUT2D eigenvalue weighted by atomic mass is 9.80. The first-order valence-corrected chi connectivity index (χ1v) is 6.99. The van der Waals surface area contributed by atoms with Crippen LogP contribution in [0, 0.1) is 5.92 Å². The van der Waals surface area contributed by atoms with Gasteiger partial charge in [0.25, 0.3) is 0 Å². The number of benzene rings is 1. The molecule has 2 aliphatic rings. The highest BCUT2D eigenvalue weighted by molar-refractivity contribution is 7.80. The van der Waals surface area contributed by atoms with Gasteiger partial charge in [-0.1, -0.05) is 18.2 Å². The van der Waals surface area contributed by atoms with Gasteiger partial charge in [0.05, 0.1) is 12.6 Å². The lowest BCUT2D eigenvalue weighted by Crippen LogP contribution is -2.70. The van der Waals surface area contributed by atoms with E-state index in [0.29, 0.717) is 11.7 Å². The lowest BCUT2D eigenvalue weighted by molar-refractivity contribution is -0.161. The molecule has 2 bridgehead atoms. The molecule has 1 fully saturated rings. The fourth-order valence-corrected chi connectivity index (χ4v) is 3.21. The van der Waals surface area contributed by atoms with Gasteiger partial charge in [-0.2, -0.15) is 0 Å². The van der Waals surface area contributed by atoms with Crippen molar-refractivity contribution in [2.24, 2.45) is 5.92 Å². The van der Waals surface area contributed by atoms with Gasteiger partial charge in [0.15, 0.2) is 10.8 Å². The second kappa shape index (κ2) is 4.63. The van der Waals surface area contributed by atoms with Crippen LogP contribution in [0.1, 0.15) is 25.5 Å². The van der Waals surface area contributed by atoms with E-state index in [9.17, 15) is 4.79 Å². The summed E-state index contributed by atoms with van der Waals surface area (Å²) in [5.41, 5.74) is 0.0278. The molecule has 1 aromatic rings. The molecule has 0 aromatic heterocycles. The van der Waals surface area contributed by atoms with E-state index in [4.69, 9.17) is 21.7 Å². The number of ether oxygens (including phenoxy) is 2. The molecule has 3 unspecified atom stereocenters. The van der Waals surface area contributed by atoms with E-state index in [1.165, 1.54) is 0 Å². The molecule has 106 valence electrons. The summed E-state index contributed by atoms with van der Waals surface area (Å²) in [4.78, 5) is 12.3. The third-order valence-electron chi connectivity index (χ3n) is 3.69. The first kappa shape index (κ1) is 13.2. The van der Waals surface area contributed by atoms with Crippen molar-refractivity contribution < 1.29 is 14.3 Å². The van der Waals surface area contributed by atoms with Gasteiger partial charge in [0, 0.05) is 5.56 Å². The van der Waals surface area contributed by atoms with Crippen LogP contribution in [0.15, 0.2) is 24.3 Å². The second-order valence-corrected chi connectivity index (χ2v) is 5.46. The normalized spacial score (nSPS) is 30.4. The number of esters is 1. The van der Waals surface area contributed by atoms with Crippen molar-refractivity contribution in [2.45, 2.75) is 25.6 Å². The molecule has 0 aliphatic carbocycles. The van der Waals surface area contributed by atoms with Crippen molar-refractivity contribution in [2.75, 3.05) is 6.61 Å². The van der Waals surface area contributed by atoms with Crippen LogP contribution in [0.25, 0.3) is 0 Å². The summed E-state index contributed by atoms with van der Waals surface area (Å²) in [6, 6.07) is 7.41. The van der Waals surface area contributed by atoms with Gasteiger partial charge < -0.3 is 20.1 Å². The summed E-state index contributed by atoms with van der Waals surface area (Å²) in [6.45, 7) is 3.95. The Morgan fingerprint density at radius 3 is 3.00 bits per heavy atom. The third kappa shape index (κ3) is 1.91. The van der Waals surface area contributed by atoms with E-state index >= 15 is 0 Å². The zero-order chi connectivity index (χ0) is 14.3. The van der Waals surface area contributed by atoms with Crippen LogP contribution >= 0.6 is 12.2 Å². The highest BCUT2D eigenvalue weighted by Gasteiger charge is 2.55. The quantitative estimate of drug-likeness (QED) is 0.636. The topological polar surface area (TPSA) is 59.6 Å². The Balaban J connectivity index is 2.08. The fraction of sp³-hybridized carbons (Fsp3) is 0.429. The van der Waals surface area contributed by atoms with Gasteiger partial charge in [-0.25, -0.2) is 0 Å². The van der Waals surface area contributed by atoms with Crippen LogP contribution in [0.4, 0.5) is 0 Å². The first-order chi connectivity index (χ1) is 9.55. The summed E-state index contributed by atoms with van der Waals surface area (Å²) >= 11 is 5.21. The summed E-state index contributed by atoms with van der Waals surface area (Å²) in [5.74, 6) is -0.0379. The largest absolute Gasteiger partial charge is 0.467 e. The molecule has 0 radical (unpaired) electrons. The van der Waals surface area contributed by atoms with E-state index in [1.807, 2.05) is 31.2 Å². The molecular formula is C14H16N2O3S. The summed E-state index contributed by atoms with van der Waals surface area (Å²) in [5, 5.41) is 6.69. The van der Waals surface area contributed by atoms with Gasteiger partial charge in [-0.05, 0) is 32.1 Å². The smallest absolute Gasteiger partial charge is 0.317 e. The minimum atomic E-state index is -0.895. The number of hydrogen-bond donors (Lipinski definition) is 2. The molecule has 1 saturated heterocycles. The lowest BCUT2D eigenvalue weighted by Gasteiger charge is -2.50. The van der Waals surface area contributed by atoms with Gasteiger partial charge in [0.2, 0.25) is 0 Å². The molecule has 2 N–H and O–H groups in total. The van der Waals surface area contributed by atoms with E-state index < -0.39 is 11.6 Å². The predicted molar refractivity (Wildman–Crippen MR) is 77.2 cm³/mol. The molecule has 20 heavy (non-hydrogen) atoms. The number of fused-ring (bicyclic) bond motifs is 4. The van der Waals surface area contributed by atoms with Crippen molar-refractivity contribution in [3.8, 4) is 5.75 Å². The minimum absolute atomic E-state index is 0.238. The van der Waals surface area contributed by atoms with Crippen molar-refractivity contribution in [3.05, 3.63) is 29.8 Å². The number of para-hydroxylation sites is 1. The monoisotopic (exact) mass is 292 g/mol. The van der Waals surface area contributed by atoms with E-state index in [2.05, 4.69) is 10.6 Å². The predicted octanol–water partition coefficient (Wildman–Crippen LogP) is 1.49. The zero-order valence-electron chi connectivity index (χ0n) is 11.3. The molecule has 2 aliphatic heterocycles. The summed E-state index contributed by atoms with van der Waals surface area (Å²) < 4.78 is 11.2. The Hall–Kier alpha value is -1.82. The maximum Gasteiger partial charge on any atom is 0.317 e. The maximum absolute atomic E-state index is 12.3. The van der Waals surface area contributed by atoms with Crippen LogP contribution < -0.4 is 15.4 Å². The van der Waals surface area contributed by atoms with Crippen molar-refractivity contribution >= 4 is 23.3 Å². The summed E-state index contributed by atoms with van der Waals surface area (Å²) in [7, 11) is 0. The standard InChI is InChI=1S/C14H16N2O3S/c1-3-18-12(17)10-11-8-6-4-5-7-9(8)19-14(10,2)16-13(20)15-11/h4-7,10-11H,3H2,1-2H3,(H2,15,16,20). The van der Waals surface area contributed by atoms with Gasteiger partial charge in [0.1, 0.15) is 11.7 Å². The van der Waals surface area contributed by atoms with Gasteiger partial charge in [-0.3, -0.25) is 4.79 Å². The van der Waals surface area contributed by atoms with Crippen LogP contribution in [0.2, 0.25) is 0 Å². The summed E-state index contributed by atoms with van der Waals surface area (Å²) in [6.07, 6.45) is 0. The molecule has 3 atom stereocenters. The molecule has 1 aromatic carbocycles. The zero-order valence-corrected chi connectivity index (χ0v) is 12.1. The first-order valence-electron chi connectivity index (χ1n) is 6.58. The Labute approximate surface area is 122 Å². The second-order valence-electron chi connectivity index (χ2n) is 5.05. The van der Waals surface area contributed by atoms with Crippen LogP contribution in [0.5, 0.6) is 5.75 Å². The number of rotatable bonds is 2. The number of carbonyl (C=O) groups excluding carboxylic acids is 1. The molecular weight excluding hydrogens is 276 g/mol. The molecule has 0 saturated carbocycles. The number of nitrogens with one attached hydrogen (secondary N) is 2. The van der Waals surface area contributed by atoms with Crippen molar-refractivity contribution in [1.29, 1.82) is 0 Å². The molecule has 3 rings (SSSR count). The highest BCUT2D eigenvalue weighted by Crippen LogP contribution is 2.44. The highest BCUT2D eigenvalue weighted by atomic mass is 32.1. The Morgan fingerprint density at radius 1 is 1.50 bits per heavy atom. The molecule has 6 heteroatoms. The Bertz CT molecular complexity index is 577. The molecule has 0 spiro atoms. The minimum Gasteiger partial charge on any atom is -0.467 e.